The fraction of sp³-hybridized carbons (Fsp3) is 0.200. The summed E-state index contributed by atoms with van der Waals surface area (Å²) < 4.78 is 4.85. The molecular weight excluding hydrogens is 264 g/mol. The molecular formula is C10H9BrO4. The molecule has 0 bridgehead atoms. The van der Waals surface area contributed by atoms with Gasteiger partial charge < -0.3 is 9.84 Å². The molecule has 1 rings (SSSR count). The van der Waals surface area contributed by atoms with Crippen LogP contribution in [0.3, 0.4) is 0 Å². The molecule has 0 fully saturated rings. The van der Waals surface area contributed by atoms with E-state index in [1.165, 1.54) is 19.2 Å². The maximum Gasteiger partial charge on any atom is 0.177 e. The Balaban J connectivity index is 3.36. The molecule has 1 aromatic carbocycles. The van der Waals surface area contributed by atoms with E-state index in [4.69, 9.17) is 4.74 Å². The van der Waals surface area contributed by atoms with Crippen LogP contribution in [0.5, 0.6) is 11.5 Å². The van der Waals surface area contributed by atoms with Crippen molar-refractivity contribution in [3.8, 4) is 11.5 Å². The third-order valence-electron chi connectivity index (χ3n) is 1.88. The van der Waals surface area contributed by atoms with Crippen molar-refractivity contribution in [2.75, 3.05) is 12.4 Å². The number of carbonyl (C=O) groups is 2. The van der Waals surface area contributed by atoms with Gasteiger partial charge in [0.1, 0.15) is 6.29 Å². The van der Waals surface area contributed by atoms with Crippen molar-refractivity contribution in [3.63, 3.8) is 0 Å². The number of ether oxygens (including phenoxy) is 1. The Morgan fingerprint density at radius 1 is 1.60 bits per heavy atom. The highest BCUT2D eigenvalue weighted by Crippen LogP contribution is 2.31. The van der Waals surface area contributed by atoms with Crippen LogP contribution < -0.4 is 4.74 Å². The predicted octanol–water partition coefficient (Wildman–Crippen LogP) is 1.79. The molecule has 0 atom stereocenters. The van der Waals surface area contributed by atoms with Gasteiger partial charge in [-0.3, -0.25) is 9.59 Å². The summed E-state index contributed by atoms with van der Waals surface area (Å²) in [4.78, 5) is 22.0. The highest BCUT2D eigenvalue weighted by atomic mass is 79.9. The van der Waals surface area contributed by atoms with Gasteiger partial charge in [0, 0.05) is 5.56 Å². The van der Waals surface area contributed by atoms with E-state index in [9.17, 15) is 14.7 Å². The molecule has 1 aromatic rings. The van der Waals surface area contributed by atoms with Gasteiger partial charge in [-0.05, 0) is 12.1 Å². The van der Waals surface area contributed by atoms with E-state index in [0.29, 0.717) is 6.29 Å². The minimum Gasteiger partial charge on any atom is -0.504 e. The molecule has 0 aromatic heterocycles. The van der Waals surface area contributed by atoms with Crippen molar-refractivity contribution in [1.82, 2.24) is 0 Å². The van der Waals surface area contributed by atoms with Crippen molar-refractivity contribution in [3.05, 3.63) is 23.3 Å². The van der Waals surface area contributed by atoms with Crippen LogP contribution >= 0.6 is 15.9 Å². The molecule has 4 nitrogen and oxygen atoms in total. The largest absolute Gasteiger partial charge is 0.504 e. The normalized spacial score (nSPS) is 9.73. The predicted molar refractivity (Wildman–Crippen MR) is 58.2 cm³/mol. The summed E-state index contributed by atoms with van der Waals surface area (Å²) in [7, 11) is 1.35. The second-order valence-corrected chi connectivity index (χ2v) is 3.35. The van der Waals surface area contributed by atoms with Crippen LogP contribution in [0.2, 0.25) is 0 Å². The van der Waals surface area contributed by atoms with Crippen LogP contribution in [0.25, 0.3) is 0 Å². The van der Waals surface area contributed by atoms with Gasteiger partial charge in [-0.2, -0.15) is 0 Å². The number of phenolic OH excluding ortho intramolecular Hbond substituents is 1. The van der Waals surface area contributed by atoms with E-state index in [-0.39, 0.29) is 33.7 Å². The van der Waals surface area contributed by atoms with Gasteiger partial charge in [0.15, 0.2) is 17.3 Å². The molecule has 1 N–H and O–H groups in total. The Kier molecular flexibility index (Phi) is 3.85. The van der Waals surface area contributed by atoms with Crippen molar-refractivity contribution in [1.29, 1.82) is 0 Å². The van der Waals surface area contributed by atoms with Gasteiger partial charge >= 0.3 is 0 Å². The number of phenols is 1. The lowest BCUT2D eigenvalue weighted by atomic mass is 10.1. The Bertz CT molecular complexity index is 401. The van der Waals surface area contributed by atoms with Crippen molar-refractivity contribution in [2.45, 2.75) is 0 Å². The first-order chi connectivity index (χ1) is 7.13. The highest BCUT2D eigenvalue weighted by molar-refractivity contribution is 9.09. The monoisotopic (exact) mass is 272 g/mol. The molecule has 80 valence electrons. The van der Waals surface area contributed by atoms with Crippen LogP contribution in [-0.2, 0) is 0 Å². The first-order valence-corrected chi connectivity index (χ1v) is 5.21. The summed E-state index contributed by atoms with van der Waals surface area (Å²) in [6.45, 7) is 0. The number of benzene rings is 1. The summed E-state index contributed by atoms with van der Waals surface area (Å²) in [5, 5.41) is 9.70. The number of ketones is 1. The first-order valence-electron chi connectivity index (χ1n) is 4.09. The van der Waals surface area contributed by atoms with Gasteiger partial charge in [0.05, 0.1) is 18.0 Å². The number of aldehydes is 1. The molecule has 0 unspecified atom stereocenters. The van der Waals surface area contributed by atoms with E-state index < -0.39 is 0 Å². The number of carbonyl (C=O) groups excluding carboxylic acids is 2. The fourth-order valence-electron chi connectivity index (χ4n) is 1.14. The Morgan fingerprint density at radius 2 is 2.27 bits per heavy atom. The summed E-state index contributed by atoms with van der Waals surface area (Å²) in [5.74, 6) is -0.439. The van der Waals surface area contributed by atoms with E-state index in [1.54, 1.807) is 0 Å². The van der Waals surface area contributed by atoms with E-state index in [0.717, 1.165) is 0 Å². The lowest BCUT2D eigenvalue weighted by Gasteiger charge is -2.08. The molecule has 0 saturated carbocycles. The second-order valence-electron chi connectivity index (χ2n) is 2.79. The number of rotatable bonds is 4. The highest BCUT2D eigenvalue weighted by Gasteiger charge is 2.15. The molecule has 0 saturated heterocycles. The lowest BCUT2D eigenvalue weighted by molar-refractivity contribution is 0.102. The Morgan fingerprint density at radius 3 is 2.73 bits per heavy atom. The van der Waals surface area contributed by atoms with Crippen molar-refractivity contribution in [2.24, 2.45) is 0 Å². The SMILES string of the molecule is COc1cc(C=O)cc(C(=O)CBr)c1O. The average molecular weight is 273 g/mol. The topological polar surface area (TPSA) is 63.6 Å². The Labute approximate surface area is 95.0 Å². The zero-order chi connectivity index (χ0) is 11.4. The van der Waals surface area contributed by atoms with Gasteiger partial charge in [-0.15, -0.1) is 0 Å². The van der Waals surface area contributed by atoms with Crippen LogP contribution in [0.15, 0.2) is 12.1 Å². The number of Topliss-reactive ketones (excluding diaryl/α,β-unsaturated/α-hetero) is 1. The molecule has 0 spiro atoms. The van der Waals surface area contributed by atoms with E-state index >= 15 is 0 Å². The molecule has 0 aliphatic rings. The van der Waals surface area contributed by atoms with Crippen LogP contribution in [0.1, 0.15) is 20.7 Å². The summed E-state index contributed by atoms with van der Waals surface area (Å²) >= 11 is 2.99. The third kappa shape index (κ3) is 2.36. The van der Waals surface area contributed by atoms with Crippen molar-refractivity contribution >= 4 is 28.0 Å². The zero-order valence-corrected chi connectivity index (χ0v) is 9.58. The number of alkyl halides is 1. The maximum absolute atomic E-state index is 11.4. The summed E-state index contributed by atoms with van der Waals surface area (Å²) in [6, 6.07) is 2.70. The summed E-state index contributed by atoms with van der Waals surface area (Å²) in [6.07, 6.45) is 0.590. The summed E-state index contributed by atoms with van der Waals surface area (Å²) in [5.41, 5.74) is 0.363. The molecule has 0 aliphatic carbocycles. The standard InChI is InChI=1S/C10H9BrO4/c1-15-9-3-6(5-12)2-7(10(9)14)8(13)4-11/h2-3,5,14H,4H2,1H3. The number of methoxy groups -OCH3 is 1. The van der Waals surface area contributed by atoms with Crippen LogP contribution in [-0.4, -0.2) is 29.6 Å². The van der Waals surface area contributed by atoms with Gasteiger partial charge in [0.25, 0.3) is 0 Å². The fourth-order valence-corrected chi connectivity index (χ4v) is 1.44. The lowest BCUT2D eigenvalue weighted by Crippen LogP contribution is -2.02. The first kappa shape index (κ1) is 11.7. The van der Waals surface area contributed by atoms with Gasteiger partial charge in [-0.25, -0.2) is 0 Å². The molecule has 5 heteroatoms. The van der Waals surface area contributed by atoms with E-state index in [1.807, 2.05) is 0 Å². The third-order valence-corrected chi connectivity index (χ3v) is 2.38. The van der Waals surface area contributed by atoms with Crippen molar-refractivity contribution < 1.29 is 19.4 Å². The molecule has 15 heavy (non-hydrogen) atoms. The van der Waals surface area contributed by atoms with Gasteiger partial charge in [0.2, 0.25) is 0 Å². The number of hydrogen-bond donors (Lipinski definition) is 1. The minimum atomic E-state index is -0.311. The van der Waals surface area contributed by atoms with Crippen LogP contribution in [0, 0.1) is 0 Å². The molecule has 0 aliphatic heterocycles. The number of aromatic hydroxyl groups is 1. The molecule has 0 radical (unpaired) electrons. The number of halogens is 1. The smallest absolute Gasteiger partial charge is 0.177 e. The Hall–Kier alpha value is -1.36. The van der Waals surface area contributed by atoms with Crippen LogP contribution in [0.4, 0.5) is 0 Å². The average Bonchev–Trinajstić information content (AvgIpc) is 2.28. The second kappa shape index (κ2) is 4.93. The quantitative estimate of drug-likeness (QED) is 0.516. The molecule has 0 amide bonds. The van der Waals surface area contributed by atoms with Gasteiger partial charge in [-0.1, -0.05) is 15.9 Å². The maximum atomic E-state index is 11.4. The molecule has 0 heterocycles. The number of hydrogen-bond acceptors (Lipinski definition) is 4. The van der Waals surface area contributed by atoms with E-state index in [2.05, 4.69) is 15.9 Å². The minimum absolute atomic E-state index is 0.0754. The zero-order valence-electron chi connectivity index (χ0n) is 7.99.